The van der Waals surface area contributed by atoms with Crippen LogP contribution in [0.3, 0.4) is 0 Å². The predicted molar refractivity (Wildman–Crippen MR) is 94.0 cm³/mol. The van der Waals surface area contributed by atoms with Gasteiger partial charge in [0, 0.05) is 18.3 Å². The summed E-state index contributed by atoms with van der Waals surface area (Å²) in [6, 6.07) is 11.2. The predicted octanol–water partition coefficient (Wildman–Crippen LogP) is 4.44. The monoisotopic (exact) mass is 359 g/mol. The van der Waals surface area contributed by atoms with E-state index in [9.17, 15) is 8.78 Å². The number of para-hydroxylation sites is 1. The number of anilines is 1. The summed E-state index contributed by atoms with van der Waals surface area (Å²) in [6.07, 6.45) is 0. The summed E-state index contributed by atoms with van der Waals surface area (Å²) < 4.78 is 37.5. The van der Waals surface area contributed by atoms with E-state index >= 15 is 0 Å². The standard InChI is InChI=1S/C19H19F2N3O2/c1-3-24(13-9-10-15(20)16(21)11-13)12-18-22-19(23-26-18)14-7-5-6-8-17(14)25-4-2/h5-11H,3-4,12H2,1-2H3. The fraction of sp³-hybridized carbons (Fsp3) is 0.263. The third-order valence-corrected chi connectivity index (χ3v) is 3.87. The molecule has 1 heterocycles. The Hall–Kier alpha value is -2.96. The Kier molecular flexibility index (Phi) is 5.46. The molecule has 0 aliphatic rings. The second-order valence-corrected chi connectivity index (χ2v) is 5.55. The molecule has 136 valence electrons. The molecular weight excluding hydrogens is 340 g/mol. The fourth-order valence-corrected chi connectivity index (χ4v) is 2.59. The Morgan fingerprint density at radius 1 is 1.08 bits per heavy atom. The van der Waals surface area contributed by atoms with Gasteiger partial charge in [-0.3, -0.25) is 0 Å². The van der Waals surface area contributed by atoms with Crippen LogP contribution in [0.15, 0.2) is 47.0 Å². The molecule has 0 bridgehead atoms. The minimum atomic E-state index is -0.891. The fourth-order valence-electron chi connectivity index (χ4n) is 2.59. The third-order valence-electron chi connectivity index (χ3n) is 3.87. The van der Waals surface area contributed by atoms with Crippen molar-refractivity contribution in [2.24, 2.45) is 0 Å². The largest absolute Gasteiger partial charge is 0.493 e. The lowest BCUT2D eigenvalue weighted by molar-refractivity contribution is 0.341. The maximum atomic E-state index is 13.5. The Morgan fingerprint density at radius 2 is 1.88 bits per heavy atom. The molecule has 0 saturated heterocycles. The number of aromatic nitrogens is 2. The van der Waals surface area contributed by atoms with Crippen LogP contribution in [-0.4, -0.2) is 23.3 Å². The van der Waals surface area contributed by atoms with E-state index in [0.717, 1.165) is 17.7 Å². The number of nitrogens with zero attached hydrogens (tertiary/aromatic N) is 3. The topological polar surface area (TPSA) is 51.4 Å². The lowest BCUT2D eigenvalue weighted by Gasteiger charge is -2.21. The van der Waals surface area contributed by atoms with Gasteiger partial charge in [-0.05, 0) is 38.1 Å². The Bertz CT molecular complexity index is 883. The lowest BCUT2D eigenvalue weighted by atomic mass is 10.2. The number of ether oxygens (including phenoxy) is 1. The number of benzene rings is 2. The molecule has 2 aromatic carbocycles. The number of hydrogen-bond donors (Lipinski definition) is 0. The van der Waals surface area contributed by atoms with Crippen molar-refractivity contribution in [1.82, 2.24) is 10.1 Å². The highest BCUT2D eigenvalue weighted by atomic mass is 19.2. The van der Waals surface area contributed by atoms with E-state index < -0.39 is 11.6 Å². The first kappa shape index (κ1) is 17.8. The van der Waals surface area contributed by atoms with Crippen molar-refractivity contribution in [2.75, 3.05) is 18.1 Å². The molecule has 0 saturated carbocycles. The molecule has 26 heavy (non-hydrogen) atoms. The van der Waals surface area contributed by atoms with E-state index in [1.165, 1.54) is 6.07 Å². The van der Waals surface area contributed by atoms with Gasteiger partial charge in [0.1, 0.15) is 5.75 Å². The van der Waals surface area contributed by atoms with E-state index in [-0.39, 0.29) is 6.54 Å². The number of halogens is 2. The van der Waals surface area contributed by atoms with Gasteiger partial charge in [0.15, 0.2) is 11.6 Å². The summed E-state index contributed by atoms with van der Waals surface area (Å²) in [6.45, 7) is 5.19. The van der Waals surface area contributed by atoms with Gasteiger partial charge in [0.05, 0.1) is 18.7 Å². The average Bonchev–Trinajstić information content (AvgIpc) is 3.11. The van der Waals surface area contributed by atoms with Crippen LogP contribution in [0.4, 0.5) is 14.5 Å². The minimum absolute atomic E-state index is 0.283. The Labute approximate surface area is 150 Å². The first-order chi connectivity index (χ1) is 12.6. The summed E-state index contributed by atoms with van der Waals surface area (Å²) in [4.78, 5) is 6.22. The summed E-state index contributed by atoms with van der Waals surface area (Å²) in [7, 11) is 0. The van der Waals surface area contributed by atoms with Crippen molar-refractivity contribution in [1.29, 1.82) is 0 Å². The first-order valence-corrected chi connectivity index (χ1v) is 8.37. The smallest absolute Gasteiger partial charge is 0.246 e. The molecule has 0 spiro atoms. The molecule has 0 aliphatic heterocycles. The normalized spacial score (nSPS) is 10.8. The van der Waals surface area contributed by atoms with Crippen molar-refractivity contribution in [3.63, 3.8) is 0 Å². The molecule has 3 aromatic rings. The van der Waals surface area contributed by atoms with Crippen molar-refractivity contribution in [3.05, 3.63) is 60.0 Å². The molecule has 7 heteroatoms. The molecule has 0 unspecified atom stereocenters. The van der Waals surface area contributed by atoms with Crippen LogP contribution >= 0.6 is 0 Å². The molecule has 0 fully saturated rings. The molecule has 0 aliphatic carbocycles. The third kappa shape index (κ3) is 3.82. The Morgan fingerprint density at radius 3 is 2.62 bits per heavy atom. The lowest BCUT2D eigenvalue weighted by Crippen LogP contribution is -2.22. The minimum Gasteiger partial charge on any atom is -0.493 e. The molecular formula is C19H19F2N3O2. The zero-order valence-corrected chi connectivity index (χ0v) is 14.6. The molecule has 0 atom stereocenters. The highest BCUT2D eigenvalue weighted by molar-refractivity contribution is 5.63. The van der Waals surface area contributed by atoms with Crippen LogP contribution in [0.1, 0.15) is 19.7 Å². The maximum absolute atomic E-state index is 13.5. The van der Waals surface area contributed by atoms with E-state index in [0.29, 0.717) is 36.3 Å². The van der Waals surface area contributed by atoms with Gasteiger partial charge in [-0.25, -0.2) is 8.78 Å². The van der Waals surface area contributed by atoms with E-state index in [1.54, 1.807) is 0 Å². The highest BCUT2D eigenvalue weighted by Crippen LogP contribution is 2.28. The highest BCUT2D eigenvalue weighted by Gasteiger charge is 2.16. The number of rotatable bonds is 7. The van der Waals surface area contributed by atoms with Crippen LogP contribution in [0.5, 0.6) is 5.75 Å². The Balaban J connectivity index is 1.82. The van der Waals surface area contributed by atoms with Gasteiger partial charge < -0.3 is 14.2 Å². The van der Waals surface area contributed by atoms with E-state index in [2.05, 4.69) is 10.1 Å². The van der Waals surface area contributed by atoms with Gasteiger partial charge >= 0.3 is 0 Å². The van der Waals surface area contributed by atoms with Gasteiger partial charge in [-0.1, -0.05) is 17.3 Å². The van der Waals surface area contributed by atoms with Crippen LogP contribution in [-0.2, 0) is 6.54 Å². The molecule has 0 N–H and O–H groups in total. The van der Waals surface area contributed by atoms with Crippen LogP contribution in [0.2, 0.25) is 0 Å². The van der Waals surface area contributed by atoms with Gasteiger partial charge in [0.25, 0.3) is 0 Å². The second kappa shape index (κ2) is 7.95. The van der Waals surface area contributed by atoms with E-state index in [1.807, 2.05) is 43.0 Å². The van der Waals surface area contributed by atoms with Crippen molar-refractivity contribution in [3.8, 4) is 17.1 Å². The van der Waals surface area contributed by atoms with Crippen molar-refractivity contribution < 1.29 is 18.0 Å². The van der Waals surface area contributed by atoms with Crippen molar-refractivity contribution in [2.45, 2.75) is 20.4 Å². The van der Waals surface area contributed by atoms with Gasteiger partial charge in [-0.15, -0.1) is 0 Å². The molecule has 3 rings (SSSR count). The molecule has 0 radical (unpaired) electrons. The zero-order chi connectivity index (χ0) is 18.5. The zero-order valence-electron chi connectivity index (χ0n) is 14.6. The second-order valence-electron chi connectivity index (χ2n) is 5.55. The van der Waals surface area contributed by atoms with Gasteiger partial charge in [0.2, 0.25) is 11.7 Å². The van der Waals surface area contributed by atoms with Crippen LogP contribution in [0.25, 0.3) is 11.4 Å². The van der Waals surface area contributed by atoms with Gasteiger partial charge in [-0.2, -0.15) is 4.98 Å². The summed E-state index contributed by atoms with van der Waals surface area (Å²) in [5.74, 6) is -0.297. The number of hydrogen-bond acceptors (Lipinski definition) is 5. The van der Waals surface area contributed by atoms with Crippen molar-refractivity contribution >= 4 is 5.69 Å². The van der Waals surface area contributed by atoms with Crippen LogP contribution < -0.4 is 9.64 Å². The average molecular weight is 359 g/mol. The summed E-state index contributed by atoms with van der Waals surface area (Å²) in [5.41, 5.74) is 1.28. The summed E-state index contributed by atoms with van der Waals surface area (Å²) >= 11 is 0. The van der Waals surface area contributed by atoms with E-state index in [4.69, 9.17) is 9.26 Å². The SMILES string of the molecule is CCOc1ccccc1-c1noc(CN(CC)c2ccc(F)c(F)c2)n1. The quantitative estimate of drug-likeness (QED) is 0.624. The molecule has 1 aromatic heterocycles. The first-order valence-electron chi connectivity index (χ1n) is 8.37. The molecule has 5 nitrogen and oxygen atoms in total. The molecule has 0 amide bonds. The van der Waals surface area contributed by atoms with Crippen LogP contribution in [0, 0.1) is 11.6 Å². The maximum Gasteiger partial charge on any atom is 0.246 e. The summed E-state index contributed by atoms with van der Waals surface area (Å²) in [5, 5.41) is 4.02.